The molecule has 2 aromatic rings. The molecule has 0 aromatic heterocycles. The minimum Gasteiger partial charge on any atom is -0.497 e. The summed E-state index contributed by atoms with van der Waals surface area (Å²) in [7, 11) is -1.99. The molecule has 6 heteroatoms. The summed E-state index contributed by atoms with van der Waals surface area (Å²) in [5.41, 5.74) is 2.16. The van der Waals surface area contributed by atoms with Gasteiger partial charge in [-0.1, -0.05) is 29.8 Å². The van der Waals surface area contributed by atoms with Crippen LogP contribution >= 0.6 is 0 Å². The van der Waals surface area contributed by atoms with E-state index in [4.69, 9.17) is 9.47 Å². The number of methoxy groups -OCH3 is 1. The van der Waals surface area contributed by atoms with Crippen LogP contribution in [0.2, 0.25) is 0 Å². The highest BCUT2D eigenvalue weighted by atomic mass is 32.2. The molecule has 2 aromatic carbocycles. The van der Waals surface area contributed by atoms with Crippen LogP contribution in [-0.2, 0) is 14.8 Å². The first-order chi connectivity index (χ1) is 11.5. The van der Waals surface area contributed by atoms with Gasteiger partial charge >= 0.3 is 0 Å². The second-order valence-corrected chi connectivity index (χ2v) is 7.75. The number of aryl methyl sites for hydroxylation is 1. The molecule has 128 valence electrons. The normalized spacial score (nSPS) is 19.2. The van der Waals surface area contributed by atoms with Crippen molar-refractivity contribution in [1.82, 2.24) is 4.31 Å². The van der Waals surface area contributed by atoms with E-state index in [1.54, 1.807) is 31.4 Å². The number of hydrogen-bond acceptors (Lipinski definition) is 4. The maximum absolute atomic E-state index is 12.8. The SMILES string of the molecule is COc1ccc(S(=O)(=O)N2CCOC(c3ccc(C)cc3)C2)cc1. The van der Waals surface area contributed by atoms with E-state index in [0.717, 1.165) is 11.1 Å². The zero-order valence-electron chi connectivity index (χ0n) is 13.8. The molecule has 5 nitrogen and oxygen atoms in total. The van der Waals surface area contributed by atoms with Gasteiger partial charge in [0.05, 0.1) is 24.7 Å². The second-order valence-electron chi connectivity index (χ2n) is 5.81. The zero-order chi connectivity index (χ0) is 17.2. The Morgan fingerprint density at radius 3 is 2.38 bits per heavy atom. The van der Waals surface area contributed by atoms with Crippen LogP contribution in [0.25, 0.3) is 0 Å². The van der Waals surface area contributed by atoms with Crippen molar-refractivity contribution in [2.24, 2.45) is 0 Å². The van der Waals surface area contributed by atoms with Crippen molar-refractivity contribution in [3.8, 4) is 5.75 Å². The molecule has 0 amide bonds. The molecule has 1 atom stereocenters. The lowest BCUT2D eigenvalue weighted by Crippen LogP contribution is -2.42. The van der Waals surface area contributed by atoms with Gasteiger partial charge < -0.3 is 9.47 Å². The number of morpholine rings is 1. The number of benzene rings is 2. The average molecular weight is 347 g/mol. The molecule has 0 spiro atoms. The third kappa shape index (κ3) is 3.45. The monoisotopic (exact) mass is 347 g/mol. The Bertz CT molecular complexity index is 785. The van der Waals surface area contributed by atoms with Crippen molar-refractivity contribution in [2.75, 3.05) is 26.8 Å². The highest BCUT2D eigenvalue weighted by molar-refractivity contribution is 7.89. The van der Waals surface area contributed by atoms with Gasteiger partial charge in [0.1, 0.15) is 5.75 Å². The van der Waals surface area contributed by atoms with Crippen LogP contribution in [0.1, 0.15) is 17.2 Å². The van der Waals surface area contributed by atoms with Crippen LogP contribution in [0, 0.1) is 6.92 Å². The van der Waals surface area contributed by atoms with Gasteiger partial charge in [-0.3, -0.25) is 0 Å². The highest BCUT2D eigenvalue weighted by Crippen LogP contribution is 2.27. The molecule has 0 radical (unpaired) electrons. The Hall–Kier alpha value is -1.89. The van der Waals surface area contributed by atoms with Crippen LogP contribution in [0.3, 0.4) is 0 Å². The van der Waals surface area contributed by atoms with Crippen molar-refractivity contribution in [1.29, 1.82) is 0 Å². The molecule has 1 aliphatic heterocycles. The lowest BCUT2D eigenvalue weighted by atomic mass is 10.1. The average Bonchev–Trinajstić information content (AvgIpc) is 2.62. The van der Waals surface area contributed by atoms with Crippen LogP contribution < -0.4 is 4.74 Å². The van der Waals surface area contributed by atoms with E-state index in [9.17, 15) is 8.42 Å². The quantitative estimate of drug-likeness (QED) is 0.853. The molecule has 3 rings (SSSR count). The molecule has 0 N–H and O–H groups in total. The topological polar surface area (TPSA) is 55.8 Å². The first-order valence-electron chi connectivity index (χ1n) is 7.83. The highest BCUT2D eigenvalue weighted by Gasteiger charge is 2.31. The molecule has 1 heterocycles. The van der Waals surface area contributed by atoms with Gasteiger partial charge in [-0.25, -0.2) is 8.42 Å². The number of sulfonamides is 1. The van der Waals surface area contributed by atoms with Gasteiger partial charge in [-0.15, -0.1) is 0 Å². The predicted molar refractivity (Wildman–Crippen MR) is 91.6 cm³/mol. The Kier molecular flexibility index (Phi) is 4.89. The summed E-state index contributed by atoms with van der Waals surface area (Å²) < 4.78 is 38.0. The molecule has 0 bridgehead atoms. The third-order valence-corrected chi connectivity index (χ3v) is 6.05. The third-order valence-electron chi connectivity index (χ3n) is 4.18. The van der Waals surface area contributed by atoms with Gasteiger partial charge in [0.25, 0.3) is 0 Å². The molecule has 0 aliphatic carbocycles. The number of rotatable bonds is 4. The van der Waals surface area contributed by atoms with Crippen molar-refractivity contribution in [3.05, 3.63) is 59.7 Å². The van der Waals surface area contributed by atoms with E-state index in [2.05, 4.69) is 0 Å². The van der Waals surface area contributed by atoms with Gasteiger partial charge in [0.15, 0.2) is 0 Å². The molecular weight excluding hydrogens is 326 g/mol. The predicted octanol–water partition coefficient (Wildman–Crippen LogP) is 2.77. The Balaban J connectivity index is 1.81. The number of ether oxygens (including phenoxy) is 2. The van der Waals surface area contributed by atoms with Crippen molar-refractivity contribution >= 4 is 10.0 Å². The smallest absolute Gasteiger partial charge is 0.243 e. The maximum atomic E-state index is 12.8. The first-order valence-corrected chi connectivity index (χ1v) is 9.27. The molecule has 0 saturated carbocycles. The summed E-state index contributed by atoms with van der Waals surface area (Å²) in [6.07, 6.45) is -0.243. The Labute approximate surface area is 142 Å². The summed E-state index contributed by atoms with van der Waals surface area (Å²) in [4.78, 5) is 0.271. The van der Waals surface area contributed by atoms with E-state index in [1.807, 2.05) is 31.2 Å². The summed E-state index contributed by atoms with van der Waals surface area (Å²) in [5.74, 6) is 0.633. The summed E-state index contributed by atoms with van der Waals surface area (Å²) in [6, 6.07) is 14.5. The lowest BCUT2D eigenvalue weighted by Gasteiger charge is -2.32. The van der Waals surface area contributed by atoms with E-state index >= 15 is 0 Å². The fourth-order valence-corrected chi connectivity index (χ4v) is 4.15. The molecule has 1 saturated heterocycles. The van der Waals surface area contributed by atoms with Crippen molar-refractivity contribution in [2.45, 2.75) is 17.9 Å². The minimum atomic E-state index is -3.54. The molecular formula is C18H21NO4S. The van der Waals surface area contributed by atoms with E-state index < -0.39 is 10.0 Å². The standard InChI is InChI=1S/C18H21NO4S/c1-14-3-5-15(6-4-14)18-13-19(11-12-23-18)24(20,21)17-9-7-16(22-2)8-10-17/h3-10,18H,11-13H2,1-2H3. The minimum absolute atomic E-state index is 0.243. The Morgan fingerprint density at radius 1 is 1.08 bits per heavy atom. The first kappa shape index (κ1) is 17.0. The van der Waals surface area contributed by atoms with Crippen LogP contribution in [-0.4, -0.2) is 39.5 Å². The zero-order valence-corrected chi connectivity index (χ0v) is 14.6. The fraction of sp³-hybridized carbons (Fsp3) is 0.333. The summed E-state index contributed by atoms with van der Waals surface area (Å²) in [5, 5.41) is 0. The van der Waals surface area contributed by atoms with Crippen LogP contribution in [0.4, 0.5) is 0 Å². The molecule has 1 aliphatic rings. The van der Waals surface area contributed by atoms with E-state index in [1.165, 1.54) is 4.31 Å². The largest absolute Gasteiger partial charge is 0.497 e. The Morgan fingerprint density at radius 2 is 1.75 bits per heavy atom. The van der Waals surface area contributed by atoms with Crippen LogP contribution in [0.15, 0.2) is 53.4 Å². The number of nitrogens with zero attached hydrogens (tertiary/aromatic N) is 1. The molecule has 24 heavy (non-hydrogen) atoms. The second kappa shape index (κ2) is 6.93. The van der Waals surface area contributed by atoms with E-state index in [-0.39, 0.29) is 11.0 Å². The fourth-order valence-electron chi connectivity index (χ4n) is 2.72. The molecule has 1 unspecified atom stereocenters. The lowest BCUT2D eigenvalue weighted by molar-refractivity contribution is -0.00256. The van der Waals surface area contributed by atoms with Crippen molar-refractivity contribution in [3.63, 3.8) is 0 Å². The number of hydrogen-bond donors (Lipinski definition) is 0. The van der Waals surface area contributed by atoms with Crippen molar-refractivity contribution < 1.29 is 17.9 Å². The van der Waals surface area contributed by atoms with Gasteiger partial charge in [0, 0.05) is 13.1 Å². The van der Waals surface area contributed by atoms with Gasteiger partial charge in [-0.05, 0) is 36.8 Å². The van der Waals surface area contributed by atoms with E-state index in [0.29, 0.717) is 25.4 Å². The maximum Gasteiger partial charge on any atom is 0.243 e. The van der Waals surface area contributed by atoms with Gasteiger partial charge in [0.2, 0.25) is 10.0 Å². The van der Waals surface area contributed by atoms with Crippen LogP contribution in [0.5, 0.6) is 5.75 Å². The summed E-state index contributed by atoms with van der Waals surface area (Å²) in [6.45, 7) is 3.08. The van der Waals surface area contributed by atoms with Gasteiger partial charge in [-0.2, -0.15) is 4.31 Å². The summed E-state index contributed by atoms with van der Waals surface area (Å²) >= 11 is 0. The molecule has 1 fully saturated rings.